The minimum Gasteiger partial charge on any atom is -0.463 e. The number of methoxy groups -OCH3 is 1. The second-order valence-corrected chi connectivity index (χ2v) is 3.93. The fourth-order valence-electron chi connectivity index (χ4n) is 1.67. The van der Waals surface area contributed by atoms with Crippen LogP contribution in [0.5, 0.6) is 6.01 Å². The number of nitrogens with zero attached hydrogens (tertiary/aromatic N) is 3. The number of hydrogen-bond acceptors (Lipinski definition) is 5. The lowest BCUT2D eigenvalue weighted by Gasteiger charge is -2.07. The summed E-state index contributed by atoms with van der Waals surface area (Å²) in [6.45, 7) is 3.43. The highest BCUT2D eigenvalue weighted by atomic mass is 16.5. The van der Waals surface area contributed by atoms with Crippen molar-refractivity contribution in [3.8, 4) is 6.01 Å². The molecule has 0 saturated carbocycles. The number of rotatable bonds is 7. The van der Waals surface area contributed by atoms with Crippen LogP contribution in [-0.2, 0) is 11.3 Å². The van der Waals surface area contributed by atoms with Crippen LogP contribution in [0.15, 0.2) is 18.3 Å². The van der Waals surface area contributed by atoms with Crippen LogP contribution < -0.4 is 10.1 Å². The highest BCUT2D eigenvalue weighted by Gasteiger charge is 2.13. The Morgan fingerprint density at radius 3 is 3.15 bits per heavy atom. The van der Waals surface area contributed by atoms with Crippen LogP contribution in [0.25, 0.3) is 0 Å². The van der Waals surface area contributed by atoms with Crippen molar-refractivity contribution in [3.05, 3.63) is 24.0 Å². The summed E-state index contributed by atoms with van der Waals surface area (Å²) in [6.07, 6.45) is 1.82. The third kappa shape index (κ3) is 3.35. The third-order valence-electron chi connectivity index (χ3n) is 2.57. The fraction of sp³-hybridized carbons (Fsp3) is 0.417. The average Bonchev–Trinajstić information content (AvgIpc) is 3.06. The number of carbonyl (C=O) groups is 1. The van der Waals surface area contributed by atoms with Crippen molar-refractivity contribution < 1.29 is 14.3 Å². The molecule has 0 saturated heterocycles. The summed E-state index contributed by atoms with van der Waals surface area (Å²) in [5, 5.41) is 9.04. The van der Waals surface area contributed by atoms with Crippen molar-refractivity contribution in [1.82, 2.24) is 19.7 Å². The number of hydrogen-bond donors (Lipinski definition) is 2. The Kier molecular flexibility index (Phi) is 4.72. The topological polar surface area (TPSA) is 94.1 Å². The van der Waals surface area contributed by atoms with Gasteiger partial charge in [0.15, 0.2) is 0 Å². The molecule has 0 fully saturated rings. The lowest BCUT2D eigenvalue weighted by Crippen LogP contribution is -2.18. The smallest absolute Gasteiger partial charge is 0.337 e. The van der Waals surface area contributed by atoms with Gasteiger partial charge in [0.2, 0.25) is 5.95 Å². The van der Waals surface area contributed by atoms with Gasteiger partial charge in [0.25, 0.3) is 5.91 Å². The van der Waals surface area contributed by atoms with Gasteiger partial charge in [-0.3, -0.25) is 10.1 Å². The zero-order valence-electron chi connectivity index (χ0n) is 11.4. The molecule has 0 unspecified atom stereocenters. The van der Waals surface area contributed by atoms with Gasteiger partial charge in [-0.2, -0.15) is 4.98 Å². The summed E-state index contributed by atoms with van der Waals surface area (Å²) in [6, 6.07) is 3.74. The fourth-order valence-corrected chi connectivity index (χ4v) is 1.67. The number of carbonyl (C=O) groups excluding carboxylic acids is 1. The normalized spacial score (nSPS) is 10.5. The SMILES string of the molecule is CCOc1n[nH]c(NC(=O)c2cccn2CCOC)n1. The Labute approximate surface area is 116 Å². The second kappa shape index (κ2) is 6.71. The van der Waals surface area contributed by atoms with Gasteiger partial charge < -0.3 is 14.0 Å². The molecular weight excluding hydrogens is 262 g/mol. The quantitative estimate of drug-likeness (QED) is 0.785. The maximum atomic E-state index is 12.1. The van der Waals surface area contributed by atoms with E-state index in [1.165, 1.54) is 0 Å². The van der Waals surface area contributed by atoms with Gasteiger partial charge in [-0.15, -0.1) is 5.10 Å². The summed E-state index contributed by atoms with van der Waals surface area (Å²) in [5.74, 6) is -0.0248. The first-order valence-corrected chi connectivity index (χ1v) is 6.25. The number of ether oxygens (including phenoxy) is 2. The largest absolute Gasteiger partial charge is 0.463 e. The van der Waals surface area contributed by atoms with E-state index < -0.39 is 0 Å². The van der Waals surface area contributed by atoms with E-state index in [1.54, 1.807) is 23.8 Å². The molecule has 2 N–H and O–H groups in total. The Morgan fingerprint density at radius 2 is 2.40 bits per heavy atom. The zero-order chi connectivity index (χ0) is 14.4. The van der Waals surface area contributed by atoms with E-state index in [4.69, 9.17) is 9.47 Å². The molecule has 0 aliphatic carbocycles. The molecule has 0 aromatic carbocycles. The second-order valence-electron chi connectivity index (χ2n) is 3.93. The van der Waals surface area contributed by atoms with Crippen molar-refractivity contribution in [2.24, 2.45) is 0 Å². The first-order chi connectivity index (χ1) is 9.74. The number of amides is 1. The van der Waals surface area contributed by atoms with E-state index >= 15 is 0 Å². The Balaban J connectivity index is 2.02. The van der Waals surface area contributed by atoms with Gasteiger partial charge >= 0.3 is 6.01 Å². The standard InChI is InChI=1S/C12H17N5O3/c1-3-20-12-14-11(15-16-12)13-10(18)9-5-4-6-17(9)7-8-19-2/h4-6H,3,7-8H2,1-2H3,(H2,13,14,15,16,18). The molecule has 2 aromatic heterocycles. The van der Waals surface area contributed by atoms with Gasteiger partial charge in [0.05, 0.1) is 13.2 Å². The molecule has 0 aliphatic rings. The Bertz CT molecular complexity index is 563. The minimum atomic E-state index is -0.273. The molecule has 108 valence electrons. The lowest BCUT2D eigenvalue weighted by molar-refractivity contribution is 0.101. The molecule has 1 amide bonds. The predicted molar refractivity (Wildman–Crippen MR) is 71.8 cm³/mol. The molecular formula is C12H17N5O3. The number of anilines is 1. The predicted octanol–water partition coefficient (Wildman–Crippen LogP) is 0.904. The first kappa shape index (κ1) is 14.1. The number of H-pyrrole nitrogens is 1. The lowest BCUT2D eigenvalue weighted by atomic mass is 10.4. The molecule has 20 heavy (non-hydrogen) atoms. The average molecular weight is 279 g/mol. The highest BCUT2D eigenvalue weighted by molar-refractivity contribution is 6.02. The van der Waals surface area contributed by atoms with Crippen molar-refractivity contribution in [2.45, 2.75) is 13.5 Å². The van der Waals surface area contributed by atoms with Crippen LogP contribution in [0.1, 0.15) is 17.4 Å². The summed E-state index contributed by atoms with van der Waals surface area (Å²) in [7, 11) is 1.62. The molecule has 0 bridgehead atoms. The number of aromatic amines is 1. The summed E-state index contributed by atoms with van der Waals surface area (Å²) >= 11 is 0. The zero-order valence-corrected chi connectivity index (χ0v) is 11.4. The van der Waals surface area contributed by atoms with Crippen LogP contribution in [0, 0.1) is 0 Å². The van der Waals surface area contributed by atoms with Crippen molar-refractivity contribution >= 4 is 11.9 Å². The highest BCUT2D eigenvalue weighted by Crippen LogP contribution is 2.09. The summed E-state index contributed by atoms with van der Waals surface area (Å²) in [4.78, 5) is 16.1. The van der Waals surface area contributed by atoms with E-state index in [9.17, 15) is 4.79 Å². The third-order valence-corrected chi connectivity index (χ3v) is 2.57. The van der Waals surface area contributed by atoms with Gasteiger partial charge in [-0.25, -0.2) is 5.10 Å². The molecule has 0 spiro atoms. The van der Waals surface area contributed by atoms with Gasteiger partial charge in [-0.1, -0.05) is 0 Å². The van der Waals surface area contributed by atoms with Crippen molar-refractivity contribution in [3.63, 3.8) is 0 Å². The molecule has 2 heterocycles. The maximum Gasteiger partial charge on any atom is 0.337 e. The summed E-state index contributed by atoms with van der Waals surface area (Å²) in [5.41, 5.74) is 0.524. The van der Waals surface area contributed by atoms with Gasteiger partial charge in [0.1, 0.15) is 5.69 Å². The number of aromatic nitrogens is 4. The van der Waals surface area contributed by atoms with Crippen LogP contribution in [0.4, 0.5) is 5.95 Å². The summed E-state index contributed by atoms with van der Waals surface area (Å²) < 4.78 is 11.9. The molecule has 0 aliphatic heterocycles. The van der Waals surface area contributed by atoms with Crippen LogP contribution in [-0.4, -0.2) is 46.0 Å². The van der Waals surface area contributed by atoms with Crippen molar-refractivity contribution in [1.29, 1.82) is 0 Å². The molecule has 8 nitrogen and oxygen atoms in total. The number of nitrogens with one attached hydrogen (secondary N) is 2. The van der Waals surface area contributed by atoms with E-state index in [0.717, 1.165) is 0 Å². The molecule has 2 rings (SSSR count). The van der Waals surface area contributed by atoms with Crippen LogP contribution >= 0.6 is 0 Å². The monoisotopic (exact) mass is 279 g/mol. The van der Waals surface area contributed by atoms with Crippen LogP contribution in [0.2, 0.25) is 0 Å². The Hall–Kier alpha value is -2.35. The van der Waals surface area contributed by atoms with E-state index in [-0.39, 0.29) is 17.9 Å². The first-order valence-electron chi connectivity index (χ1n) is 6.25. The van der Waals surface area contributed by atoms with Gasteiger partial charge in [0, 0.05) is 19.9 Å². The molecule has 0 atom stereocenters. The van der Waals surface area contributed by atoms with Gasteiger partial charge in [-0.05, 0) is 19.1 Å². The minimum absolute atomic E-state index is 0.206. The van der Waals surface area contributed by atoms with E-state index in [2.05, 4.69) is 20.5 Å². The maximum absolute atomic E-state index is 12.1. The van der Waals surface area contributed by atoms with E-state index in [1.807, 2.05) is 13.1 Å². The molecule has 2 aromatic rings. The Morgan fingerprint density at radius 1 is 1.55 bits per heavy atom. The van der Waals surface area contributed by atoms with E-state index in [0.29, 0.717) is 25.5 Å². The van der Waals surface area contributed by atoms with Crippen molar-refractivity contribution in [2.75, 3.05) is 25.6 Å². The molecule has 0 radical (unpaired) electrons. The van der Waals surface area contributed by atoms with Crippen LogP contribution in [0.3, 0.4) is 0 Å². The molecule has 8 heteroatoms.